The molecular formula is C17H23BrN5NaO3S. The second-order valence-corrected chi connectivity index (χ2v) is 8.34. The van der Waals surface area contributed by atoms with Gasteiger partial charge in [-0.05, 0) is 59.1 Å². The van der Waals surface area contributed by atoms with Crippen LogP contribution >= 0.6 is 15.9 Å². The van der Waals surface area contributed by atoms with Crippen LogP contribution in [0.2, 0.25) is 0 Å². The van der Waals surface area contributed by atoms with E-state index < -0.39 is 15.5 Å². The molecule has 3 N–H and O–H groups in total. The SMILES string of the molecule is CCCN(c1ccc(N=Nc2ccc(Br)cn2)c(N)c1)C(CC)S(=O)(=O)O.[H-].[Na+]. The van der Waals surface area contributed by atoms with Gasteiger partial charge in [0.15, 0.2) is 11.2 Å². The van der Waals surface area contributed by atoms with Crippen molar-refractivity contribution >= 4 is 48.9 Å². The van der Waals surface area contributed by atoms with E-state index in [1.165, 1.54) is 0 Å². The monoisotopic (exact) mass is 479 g/mol. The zero-order chi connectivity index (χ0) is 20.0. The molecule has 1 heterocycles. The summed E-state index contributed by atoms with van der Waals surface area (Å²) < 4.78 is 33.8. The van der Waals surface area contributed by atoms with Crippen molar-refractivity contribution in [3.8, 4) is 0 Å². The van der Waals surface area contributed by atoms with Crippen molar-refractivity contribution in [3.05, 3.63) is 41.0 Å². The quantitative estimate of drug-likeness (QED) is 0.257. The second kappa shape index (κ2) is 11.2. The standard InChI is InChI=1S/C17H22BrN5O3S.Na.H/c1-3-9-23(17(4-2)27(24,25)26)13-6-7-15(14(19)10-13)21-22-16-8-5-12(18)11-20-16;;/h5-8,10-11,17H,3-4,9,19H2,1-2H3,(H,24,25,26);;/q;+1;-1. The fourth-order valence-electron chi connectivity index (χ4n) is 2.62. The molecule has 0 fully saturated rings. The number of hydrogen-bond donors (Lipinski definition) is 2. The number of nitrogens with zero attached hydrogens (tertiary/aromatic N) is 4. The summed E-state index contributed by atoms with van der Waals surface area (Å²) in [5, 5.41) is 7.11. The maximum atomic E-state index is 11.7. The number of azo groups is 1. The number of nitrogens with two attached hydrogens (primary N) is 1. The molecule has 0 radical (unpaired) electrons. The van der Waals surface area contributed by atoms with Crippen LogP contribution in [0.3, 0.4) is 0 Å². The van der Waals surface area contributed by atoms with Gasteiger partial charge in [0.2, 0.25) is 0 Å². The van der Waals surface area contributed by atoms with E-state index in [2.05, 4.69) is 31.1 Å². The molecule has 1 atom stereocenters. The van der Waals surface area contributed by atoms with Gasteiger partial charge in [-0.25, -0.2) is 4.98 Å². The summed E-state index contributed by atoms with van der Waals surface area (Å²) in [7, 11) is -4.23. The van der Waals surface area contributed by atoms with Crippen molar-refractivity contribution in [2.75, 3.05) is 17.2 Å². The molecule has 1 aromatic heterocycles. The number of benzene rings is 1. The van der Waals surface area contributed by atoms with Gasteiger partial charge in [0.05, 0.1) is 5.69 Å². The zero-order valence-electron chi connectivity index (χ0n) is 17.1. The number of aromatic nitrogens is 1. The molecule has 11 heteroatoms. The molecule has 148 valence electrons. The number of anilines is 2. The summed E-state index contributed by atoms with van der Waals surface area (Å²) in [6.07, 6.45) is 2.57. The van der Waals surface area contributed by atoms with E-state index in [-0.39, 0.29) is 37.4 Å². The Kier molecular flexibility index (Phi) is 10.0. The minimum atomic E-state index is -4.23. The molecule has 1 unspecified atom stereocenters. The number of halogens is 1. The van der Waals surface area contributed by atoms with Crippen molar-refractivity contribution in [2.45, 2.75) is 32.1 Å². The Balaban J connectivity index is 0.00000392. The molecule has 0 amide bonds. The summed E-state index contributed by atoms with van der Waals surface area (Å²) in [6.45, 7) is 4.10. The normalized spacial score (nSPS) is 12.6. The van der Waals surface area contributed by atoms with E-state index in [9.17, 15) is 13.0 Å². The third-order valence-corrected chi connectivity index (χ3v) is 5.56. The Morgan fingerprint density at radius 1 is 1.29 bits per heavy atom. The second-order valence-electron chi connectivity index (χ2n) is 5.85. The van der Waals surface area contributed by atoms with Gasteiger partial charge < -0.3 is 12.1 Å². The third kappa shape index (κ3) is 6.78. The first-order valence-electron chi connectivity index (χ1n) is 8.42. The first-order valence-corrected chi connectivity index (χ1v) is 10.7. The van der Waals surface area contributed by atoms with Gasteiger partial charge in [0.25, 0.3) is 10.1 Å². The summed E-state index contributed by atoms with van der Waals surface area (Å²) in [5.41, 5.74) is 7.46. The van der Waals surface area contributed by atoms with Crippen LogP contribution in [0.15, 0.2) is 51.2 Å². The Bertz CT molecular complexity index is 916. The van der Waals surface area contributed by atoms with E-state index in [4.69, 9.17) is 5.73 Å². The van der Waals surface area contributed by atoms with E-state index >= 15 is 0 Å². The molecule has 0 aliphatic heterocycles. The van der Waals surface area contributed by atoms with Crippen molar-refractivity contribution in [2.24, 2.45) is 10.2 Å². The minimum Gasteiger partial charge on any atom is -1.00 e. The minimum absolute atomic E-state index is 0. The average Bonchev–Trinajstić information content (AvgIpc) is 2.61. The molecule has 2 aromatic rings. The van der Waals surface area contributed by atoms with E-state index in [1.54, 1.807) is 48.4 Å². The number of nitrogen functional groups attached to an aromatic ring is 1. The van der Waals surface area contributed by atoms with Gasteiger partial charge >= 0.3 is 29.6 Å². The third-order valence-electron chi connectivity index (χ3n) is 3.82. The maximum Gasteiger partial charge on any atom is 1.00 e. The van der Waals surface area contributed by atoms with Crippen LogP contribution < -0.4 is 40.2 Å². The van der Waals surface area contributed by atoms with Crippen LogP contribution in [0.5, 0.6) is 0 Å². The van der Waals surface area contributed by atoms with E-state index in [1.807, 2.05) is 6.92 Å². The smallest absolute Gasteiger partial charge is 1.00 e. The van der Waals surface area contributed by atoms with Crippen LogP contribution in [0.4, 0.5) is 22.9 Å². The number of hydrogen-bond acceptors (Lipinski definition) is 7. The Morgan fingerprint density at radius 2 is 2.00 bits per heavy atom. The van der Waals surface area contributed by atoms with E-state index in [0.29, 0.717) is 35.8 Å². The topological polar surface area (TPSA) is 121 Å². The molecule has 0 spiro atoms. The van der Waals surface area contributed by atoms with Crippen molar-refractivity contribution in [1.82, 2.24) is 4.98 Å². The fourth-order valence-corrected chi connectivity index (χ4v) is 3.82. The molecule has 28 heavy (non-hydrogen) atoms. The molecule has 0 bridgehead atoms. The summed E-state index contributed by atoms with van der Waals surface area (Å²) in [4.78, 5) is 5.73. The average molecular weight is 480 g/mol. The maximum absolute atomic E-state index is 11.7. The molecule has 1 aromatic carbocycles. The van der Waals surface area contributed by atoms with Crippen molar-refractivity contribution in [3.63, 3.8) is 0 Å². The van der Waals surface area contributed by atoms with Crippen molar-refractivity contribution in [1.29, 1.82) is 0 Å². The van der Waals surface area contributed by atoms with Gasteiger partial charge in [0, 0.05) is 22.9 Å². The van der Waals surface area contributed by atoms with Gasteiger partial charge in [-0.15, -0.1) is 10.2 Å². The van der Waals surface area contributed by atoms with Crippen LogP contribution in [-0.4, -0.2) is 29.9 Å². The number of rotatable bonds is 8. The van der Waals surface area contributed by atoms with Gasteiger partial charge in [0.1, 0.15) is 5.69 Å². The Labute approximate surface area is 197 Å². The largest absolute Gasteiger partial charge is 1.00 e. The summed E-state index contributed by atoms with van der Waals surface area (Å²) in [5.74, 6) is 0.437. The molecular weight excluding hydrogens is 457 g/mol. The molecule has 8 nitrogen and oxygen atoms in total. The predicted molar refractivity (Wildman–Crippen MR) is 111 cm³/mol. The Morgan fingerprint density at radius 3 is 2.50 bits per heavy atom. The molecule has 2 rings (SSSR count). The first kappa shape index (κ1) is 25.0. The predicted octanol–water partition coefficient (Wildman–Crippen LogP) is 1.80. The first-order chi connectivity index (χ1) is 12.8. The molecule has 0 saturated carbocycles. The molecule has 0 aliphatic rings. The Hall–Kier alpha value is -1.04. The zero-order valence-corrected chi connectivity index (χ0v) is 20.5. The van der Waals surface area contributed by atoms with Gasteiger partial charge in [-0.1, -0.05) is 13.8 Å². The fraction of sp³-hybridized carbons (Fsp3) is 0.353. The van der Waals surface area contributed by atoms with Gasteiger partial charge in [-0.3, -0.25) is 4.55 Å². The van der Waals surface area contributed by atoms with Crippen LogP contribution in [0.25, 0.3) is 0 Å². The van der Waals surface area contributed by atoms with Crippen molar-refractivity contribution < 1.29 is 44.0 Å². The summed E-state index contributed by atoms with van der Waals surface area (Å²) in [6, 6.07) is 8.51. The van der Waals surface area contributed by atoms with E-state index in [0.717, 1.165) is 4.47 Å². The molecule has 0 saturated heterocycles. The van der Waals surface area contributed by atoms with Gasteiger partial charge in [-0.2, -0.15) is 8.42 Å². The van der Waals surface area contributed by atoms with Crippen LogP contribution in [0.1, 0.15) is 28.1 Å². The van der Waals surface area contributed by atoms with Crippen LogP contribution in [-0.2, 0) is 10.1 Å². The molecule has 0 aliphatic carbocycles. The van der Waals surface area contributed by atoms with Crippen LogP contribution in [0, 0.1) is 0 Å². The summed E-state index contributed by atoms with van der Waals surface area (Å²) >= 11 is 3.30. The number of pyridine rings is 1.